The molecule has 3 aromatic rings. The molecule has 250 valence electrons. The molecular weight excluding hydrogens is 602 g/mol. The normalized spacial score (nSPS) is 24.8. The molecule has 47 heavy (non-hydrogen) atoms. The van der Waals surface area contributed by atoms with E-state index >= 15 is 0 Å². The average Bonchev–Trinajstić information content (AvgIpc) is 3.73. The summed E-state index contributed by atoms with van der Waals surface area (Å²) in [5, 5.41) is 18.5. The molecule has 3 aliphatic heterocycles. The number of nitrogens with one attached hydrogen (secondary N) is 4. The van der Waals surface area contributed by atoms with Crippen LogP contribution in [0.25, 0.3) is 11.0 Å². The van der Waals surface area contributed by atoms with Gasteiger partial charge in [0.1, 0.15) is 29.7 Å². The molecule has 4 amide bonds. The predicted octanol–water partition coefficient (Wildman–Crippen LogP) is 0.869. The number of carbonyl (C=O) groups is 4. The quantitative estimate of drug-likeness (QED) is 0.280. The molecule has 2 bridgehead atoms. The second-order valence-electron chi connectivity index (χ2n) is 13.0. The van der Waals surface area contributed by atoms with E-state index < -0.39 is 48.4 Å². The minimum Gasteiger partial charge on any atom is -0.484 e. The zero-order valence-corrected chi connectivity index (χ0v) is 26.7. The zero-order valence-electron chi connectivity index (χ0n) is 26.7. The van der Waals surface area contributed by atoms with Crippen LogP contribution in [0.4, 0.5) is 0 Å². The number of hydrogen-bond donors (Lipinski definition) is 5. The Morgan fingerprint density at radius 2 is 1.81 bits per heavy atom. The third-order valence-corrected chi connectivity index (χ3v) is 9.62. The maximum atomic E-state index is 13.4. The van der Waals surface area contributed by atoms with Crippen LogP contribution < -0.4 is 20.7 Å². The molecule has 0 unspecified atom stereocenters. The maximum absolute atomic E-state index is 13.4. The molecule has 6 rings (SSSR count). The molecule has 13 heteroatoms. The number of benzene rings is 2. The van der Waals surface area contributed by atoms with Gasteiger partial charge in [0.15, 0.2) is 6.61 Å². The number of nitrogens with zero attached hydrogens (tertiary/aromatic N) is 3. The number of para-hydroxylation sites is 2. The van der Waals surface area contributed by atoms with Gasteiger partial charge in [0.05, 0.1) is 24.2 Å². The van der Waals surface area contributed by atoms with Gasteiger partial charge in [0, 0.05) is 13.1 Å². The molecule has 0 radical (unpaired) electrons. The van der Waals surface area contributed by atoms with Gasteiger partial charge in [-0.25, -0.2) is 4.98 Å². The number of ether oxygens (including phenoxy) is 1. The van der Waals surface area contributed by atoms with Crippen molar-refractivity contribution in [2.24, 2.45) is 5.41 Å². The van der Waals surface area contributed by atoms with Crippen molar-refractivity contribution in [2.75, 3.05) is 39.4 Å². The summed E-state index contributed by atoms with van der Waals surface area (Å²) < 4.78 is 5.82. The fourth-order valence-corrected chi connectivity index (χ4v) is 6.98. The number of fused-ring (bicyclic) bond motifs is 4. The maximum Gasteiger partial charge on any atom is 0.258 e. The summed E-state index contributed by atoms with van der Waals surface area (Å²) >= 11 is 0. The summed E-state index contributed by atoms with van der Waals surface area (Å²) in [4.78, 5) is 64.6. The van der Waals surface area contributed by atoms with E-state index in [4.69, 9.17) is 9.72 Å². The van der Waals surface area contributed by atoms with Crippen LogP contribution in [-0.2, 0) is 32.1 Å². The SMILES string of the molecule is C[C@@H]1NC(=O)COc2cccc(c2)CC2(CCN(Cc3nc4ccccc4[nH]3)CC2)CNC(=O)[C@H](CO)NC(=O)[C@@H]2CCCN2C1=O. The van der Waals surface area contributed by atoms with E-state index in [9.17, 15) is 24.3 Å². The van der Waals surface area contributed by atoms with E-state index in [1.54, 1.807) is 13.0 Å². The Balaban J connectivity index is 1.21. The van der Waals surface area contributed by atoms with Crippen molar-refractivity contribution in [2.45, 2.75) is 63.7 Å². The number of aliphatic hydroxyl groups excluding tert-OH is 1. The lowest BCUT2D eigenvalue weighted by molar-refractivity contribution is -0.142. The number of rotatable bonds is 3. The highest BCUT2D eigenvalue weighted by molar-refractivity contribution is 5.94. The second-order valence-corrected chi connectivity index (χ2v) is 13.0. The minimum atomic E-state index is -1.17. The Morgan fingerprint density at radius 3 is 2.60 bits per heavy atom. The summed E-state index contributed by atoms with van der Waals surface area (Å²) in [5.41, 5.74) is 2.62. The van der Waals surface area contributed by atoms with Gasteiger partial charge in [-0.15, -0.1) is 0 Å². The largest absolute Gasteiger partial charge is 0.484 e. The standard InChI is InChI=1S/C34H43N7O6/c1-22-33(46)41-13-5-10-28(41)32(45)39-27(19-42)31(44)35-21-34(17-23-6-4-7-24(16-23)47-20-30(43)36-22)11-14-40(15-12-34)18-29-37-25-8-2-3-9-26(25)38-29/h2-4,6-9,16,22,27-28,42H,5,10-15,17-21H2,1H3,(H,35,44)(H,36,43)(H,37,38)(H,39,45)/t22-,27-,28-/m0/s1. The van der Waals surface area contributed by atoms with E-state index in [1.807, 2.05) is 42.5 Å². The van der Waals surface area contributed by atoms with Gasteiger partial charge in [-0.1, -0.05) is 24.3 Å². The van der Waals surface area contributed by atoms with Gasteiger partial charge in [-0.05, 0) is 87.4 Å². The smallest absolute Gasteiger partial charge is 0.258 e. The lowest BCUT2D eigenvalue weighted by atomic mass is 9.73. The van der Waals surface area contributed by atoms with Gasteiger partial charge >= 0.3 is 0 Å². The molecule has 4 heterocycles. The molecule has 2 aromatic carbocycles. The molecule has 3 aliphatic rings. The Hall–Kier alpha value is -4.49. The topological polar surface area (TPSA) is 169 Å². The Morgan fingerprint density at radius 1 is 1.00 bits per heavy atom. The summed E-state index contributed by atoms with van der Waals surface area (Å²) in [6.07, 6.45) is 3.25. The summed E-state index contributed by atoms with van der Waals surface area (Å²) in [6, 6.07) is 12.7. The van der Waals surface area contributed by atoms with Crippen LogP contribution in [0.3, 0.4) is 0 Å². The number of imidazole rings is 1. The number of aromatic nitrogens is 2. The average molecular weight is 646 g/mol. The van der Waals surface area contributed by atoms with E-state index in [0.29, 0.717) is 44.6 Å². The molecule has 1 aromatic heterocycles. The van der Waals surface area contributed by atoms with Crippen molar-refractivity contribution >= 4 is 34.7 Å². The van der Waals surface area contributed by atoms with Crippen molar-refractivity contribution < 1.29 is 29.0 Å². The third-order valence-electron chi connectivity index (χ3n) is 9.62. The first kappa shape index (κ1) is 32.5. The molecule has 5 N–H and O–H groups in total. The van der Waals surface area contributed by atoms with Crippen molar-refractivity contribution in [3.63, 3.8) is 0 Å². The number of H-pyrrole nitrogens is 1. The first-order valence-electron chi connectivity index (χ1n) is 16.4. The summed E-state index contributed by atoms with van der Waals surface area (Å²) in [6.45, 7) is 3.67. The number of amides is 4. The molecule has 13 nitrogen and oxygen atoms in total. The molecule has 2 saturated heterocycles. The van der Waals surface area contributed by atoms with Crippen molar-refractivity contribution in [1.82, 2.24) is 35.7 Å². The number of aliphatic hydroxyl groups is 1. The molecule has 0 saturated carbocycles. The van der Waals surface area contributed by atoms with Crippen LogP contribution in [0.15, 0.2) is 48.5 Å². The number of aromatic amines is 1. The summed E-state index contributed by atoms with van der Waals surface area (Å²) in [7, 11) is 0. The van der Waals surface area contributed by atoms with E-state index in [-0.39, 0.29) is 12.0 Å². The monoisotopic (exact) mass is 645 g/mol. The molecule has 3 atom stereocenters. The van der Waals surface area contributed by atoms with E-state index in [1.165, 1.54) is 4.90 Å². The zero-order chi connectivity index (χ0) is 33.0. The van der Waals surface area contributed by atoms with Gasteiger partial charge in [-0.2, -0.15) is 0 Å². The highest BCUT2D eigenvalue weighted by Crippen LogP contribution is 2.36. The van der Waals surface area contributed by atoms with Crippen molar-refractivity contribution in [3.05, 3.63) is 59.9 Å². The second kappa shape index (κ2) is 14.1. The van der Waals surface area contributed by atoms with Crippen LogP contribution in [0.1, 0.15) is 44.0 Å². The summed E-state index contributed by atoms with van der Waals surface area (Å²) in [5.74, 6) is -0.382. The highest BCUT2D eigenvalue weighted by Gasteiger charge is 2.39. The Kier molecular flexibility index (Phi) is 9.73. The molecule has 1 spiro atoms. The van der Waals surface area contributed by atoms with Crippen LogP contribution >= 0.6 is 0 Å². The van der Waals surface area contributed by atoms with Crippen molar-refractivity contribution in [3.8, 4) is 5.75 Å². The van der Waals surface area contributed by atoms with Gasteiger partial charge < -0.3 is 35.7 Å². The van der Waals surface area contributed by atoms with Crippen LogP contribution in [0.5, 0.6) is 5.75 Å². The highest BCUT2D eigenvalue weighted by atomic mass is 16.5. The van der Waals surface area contributed by atoms with Gasteiger partial charge in [0.25, 0.3) is 5.91 Å². The lowest BCUT2D eigenvalue weighted by Gasteiger charge is -2.42. The number of likely N-dealkylation sites (tertiary alicyclic amines) is 1. The van der Waals surface area contributed by atoms with Crippen LogP contribution in [0.2, 0.25) is 0 Å². The number of carbonyl (C=O) groups excluding carboxylic acids is 4. The molecule has 0 aliphatic carbocycles. The van der Waals surface area contributed by atoms with Gasteiger partial charge in [0.2, 0.25) is 17.7 Å². The Bertz CT molecular complexity index is 1580. The first-order chi connectivity index (χ1) is 22.7. The third kappa shape index (κ3) is 7.57. The first-order valence-corrected chi connectivity index (χ1v) is 16.4. The van der Waals surface area contributed by atoms with Gasteiger partial charge in [-0.3, -0.25) is 24.1 Å². The van der Waals surface area contributed by atoms with Crippen LogP contribution in [-0.4, -0.2) is 106 Å². The van der Waals surface area contributed by atoms with E-state index in [0.717, 1.165) is 48.4 Å². The molecular formula is C34H43N7O6. The van der Waals surface area contributed by atoms with Crippen molar-refractivity contribution in [1.29, 1.82) is 0 Å². The Labute approximate surface area is 273 Å². The fraction of sp³-hybridized carbons (Fsp3) is 0.500. The number of piperidine rings is 1. The minimum absolute atomic E-state index is 0.263. The predicted molar refractivity (Wildman–Crippen MR) is 173 cm³/mol. The fourth-order valence-electron chi connectivity index (χ4n) is 6.98. The van der Waals surface area contributed by atoms with E-state index in [2.05, 4.69) is 25.8 Å². The number of hydrogen-bond acceptors (Lipinski definition) is 8. The molecule has 2 fully saturated rings. The lowest BCUT2D eigenvalue weighted by Crippen LogP contribution is -2.57. The van der Waals surface area contributed by atoms with Crippen LogP contribution in [0, 0.1) is 5.41 Å².